The Kier molecular flexibility index (Phi) is 9.39. The molecule has 13 aromatic carbocycles. The standard InChI is InChI=1S/C80H50N2/c1-2-21-51(22-3-1)52-41-43-53(44-42-52)56-23-8-16-37-74(56)81(55-46-48-63-61-28-6-13-33-68(61)79(73(63)50-55)66-31-11-4-25-58(66)59-26-5-12-32-67(59)79)75-38-17-9-24-57(75)54-45-47-62-60-27-7-14-34-69(60)80(72(62)49-54)70-35-15-19-40-77(70)82-76-39-18-10-29-64(76)65-30-20-36-71(80)78(65)82/h1-50H. The summed E-state index contributed by atoms with van der Waals surface area (Å²) >= 11 is 0. The maximum absolute atomic E-state index is 2.56. The molecule has 0 amide bonds. The van der Waals surface area contributed by atoms with Crippen LogP contribution in [0.4, 0.5) is 17.1 Å². The van der Waals surface area contributed by atoms with Gasteiger partial charge in [-0.2, -0.15) is 0 Å². The monoisotopic (exact) mass is 1040 g/mol. The molecule has 0 radical (unpaired) electrons. The Morgan fingerprint density at radius 3 is 1.29 bits per heavy atom. The molecule has 1 aliphatic heterocycles. The number of benzene rings is 13. The van der Waals surface area contributed by atoms with Crippen LogP contribution < -0.4 is 4.90 Å². The molecular formula is C80H50N2. The lowest BCUT2D eigenvalue weighted by Crippen LogP contribution is -2.33. The summed E-state index contributed by atoms with van der Waals surface area (Å²) in [6.07, 6.45) is 0. The lowest BCUT2D eigenvalue weighted by Gasteiger charge is -2.39. The van der Waals surface area contributed by atoms with Gasteiger partial charge in [0.05, 0.1) is 38.9 Å². The number of fused-ring (bicyclic) bond motifs is 22. The van der Waals surface area contributed by atoms with Crippen LogP contribution in [0.15, 0.2) is 303 Å². The summed E-state index contributed by atoms with van der Waals surface area (Å²) in [5, 5.41) is 2.55. The average molecular weight is 1040 g/mol. The van der Waals surface area contributed by atoms with Gasteiger partial charge in [-0.3, -0.25) is 0 Å². The predicted molar refractivity (Wildman–Crippen MR) is 339 cm³/mol. The zero-order chi connectivity index (χ0) is 53.7. The normalized spacial score (nSPS) is 15.0. The minimum Gasteiger partial charge on any atom is -0.309 e. The summed E-state index contributed by atoms with van der Waals surface area (Å²) < 4.78 is 2.53. The van der Waals surface area contributed by atoms with E-state index in [1.807, 2.05) is 0 Å². The lowest BCUT2D eigenvalue weighted by molar-refractivity contribution is 0.749. The molecule has 1 aromatic heterocycles. The number of hydrogen-bond donors (Lipinski definition) is 0. The van der Waals surface area contributed by atoms with Crippen LogP contribution >= 0.6 is 0 Å². The van der Waals surface area contributed by atoms with Gasteiger partial charge in [0.15, 0.2) is 0 Å². The van der Waals surface area contributed by atoms with Crippen molar-refractivity contribution in [3.8, 4) is 72.4 Å². The topological polar surface area (TPSA) is 8.17 Å². The van der Waals surface area contributed by atoms with E-state index < -0.39 is 10.8 Å². The molecule has 4 aliphatic rings. The van der Waals surface area contributed by atoms with Gasteiger partial charge in [0.2, 0.25) is 0 Å². The molecule has 2 heteroatoms. The van der Waals surface area contributed by atoms with Crippen LogP contribution in [0.2, 0.25) is 0 Å². The van der Waals surface area contributed by atoms with Crippen LogP contribution in [0.5, 0.6) is 0 Å². The molecule has 2 spiro atoms. The highest BCUT2D eigenvalue weighted by Gasteiger charge is 2.53. The molecule has 18 rings (SSSR count). The maximum Gasteiger partial charge on any atom is 0.0754 e. The first kappa shape index (κ1) is 45.3. The molecule has 82 heavy (non-hydrogen) atoms. The minimum absolute atomic E-state index is 0.513. The summed E-state index contributed by atoms with van der Waals surface area (Å²) in [6.45, 7) is 0. The number of para-hydroxylation sites is 5. The van der Waals surface area contributed by atoms with Gasteiger partial charge < -0.3 is 9.47 Å². The molecule has 3 aliphatic carbocycles. The van der Waals surface area contributed by atoms with Crippen molar-refractivity contribution in [1.29, 1.82) is 0 Å². The Morgan fingerprint density at radius 1 is 0.244 bits per heavy atom. The summed E-state index contributed by atoms with van der Waals surface area (Å²) in [6, 6.07) is 114. The second-order valence-corrected chi connectivity index (χ2v) is 22.6. The molecule has 1 unspecified atom stereocenters. The molecule has 2 heterocycles. The number of anilines is 3. The number of aromatic nitrogens is 1. The fourth-order valence-electron chi connectivity index (χ4n) is 15.7. The fraction of sp³-hybridized carbons (Fsp3) is 0.0250. The smallest absolute Gasteiger partial charge is 0.0754 e. The summed E-state index contributed by atoms with van der Waals surface area (Å²) in [5.41, 5.74) is 31.2. The summed E-state index contributed by atoms with van der Waals surface area (Å²) in [7, 11) is 0. The fourth-order valence-corrected chi connectivity index (χ4v) is 15.7. The molecule has 14 aromatic rings. The van der Waals surface area contributed by atoms with E-state index in [0.717, 1.165) is 39.3 Å². The van der Waals surface area contributed by atoms with Gasteiger partial charge in [0.1, 0.15) is 0 Å². The van der Waals surface area contributed by atoms with E-state index >= 15 is 0 Å². The first-order valence-electron chi connectivity index (χ1n) is 28.7. The Morgan fingerprint density at radius 2 is 0.659 bits per heavy atom. The van der Waals surface area contributed by atoms with Crippen molar-refractivity contribution in [3.05, 3.63) is 348 Å². The zero-order valence-electron chi connectivity index (χ0n) is 44.8. The van der Waals surface area contributed by atoms with Crippen molar-refractivity contribution < 1.29 is 0 Å². The molecule has 380 valence electrons. The largest absolute Gasteiger partial charge is 0.309 e. The maximum atomic E-state index is 2.56. The van der Waals surface area contributed by atoms with Crippen molar-refractivity contribution in [1.82, 2.24) is 4.57 Å². The van der Waals surface area contributed by atoms with Gasteiger partial charge in [-0.15, -0.1) is 0 Å². The highest BCUT2D eigenvalue weighted by Crippen LogP contribution is 2.65. The van der Waals surface area contributed by atoms with Crippen LogP contribution in [-0.2, 0) is 10.8 Å². The van der Waals surface area contributed by atoms with Crippen molar-refractivity contribution in [2.75, 3.05) is 4.90 Å². The van der Waals surface area contributed by atoms with Gasteiger partial charge in [0, 0.05) is 27.6 Å². The van der Waals surface area contributed by atoms with E-state index in [1.165, 1.54) is 117 Å². The van der Waals surface area contributed by atoms with Crippen molar-refractivity contribution in [2.24, 2.45) is 0 Å². The van der Waals surface area contributed by atoms with Gasteiger partial charge in [0.25, 0.3) is 0 Å². The summed E-state index contributed by atoms with van der Waals surface area (Å²) in [4.78, 5) is 2.56. The van der Waals surface area contributed by atoms with Gasteiger partial charge in [-0.25, -0.2) is 0 Å². The zero-order valence-corrected chi connectivity index (χ0v) is 44.8. The second kappa shape index (κ2) is 17.0. The number of rotatable bonds is 6. The van der Waals surface area contributed by atoms with Crippen LogP contribution in [0.3, 0.4) is 0 Å². The van der Waals surface area contributed by atoms with Gasteiger partial charge in [-0.05, 0) is 143 Å². The number of hydrogen-bond acceptors (Lipinski definition) is 1. The van der Waals surface area contributed by atoms with E-state index in [-0.39, 0.29) is 0 Å². The second-order valence-electron chi connectivity index (χ2n) is 22.6. The molecule has 2 nitrogen and oxygen atoms in total. The highest BCUT2D eigenvalue weighted by atomic mass is 15.1. The third kappa shape index (κ3) is 5.87. The Bertz CT molecular complexity index is 4940. The van der Waals surface area contributed by atoms with Crippen molar-refractivity contribution in [3.63, 3.8) is 0 Å². The molecule has 0 saturated carbocycles. The molecule has 0 fully saturated rings. The quantitative estimate of drug-likeness (QED) is 0.161. The lowest BCUT2D eigenvalue weighted by atomic mass is 9.65. The predicted octanol–water partition coefficient (Wildman–Crippen LogP) is 20.3. The first-order chi connectivity index (χ1) is 40.7. The van der Waals surface area contributed by atoms with Crippen molar-refractivity contribution >= 4 is 38.9 Å². The Labute approximate surface area is 476 Å². The van der Waals surface area contributed by atoms with E-state index in [0.29, 0.717) is 0 Å². The van der Waals surface area contributed by atoms with Crippen LogP contribution in [0, 0.1) is 0 Å². The molecular weight excluding hydrogens is 989 g/mol. The van der Waals surface area contributed by atoms with Crippen LogP contribution in [0.25, 0.3) is 94.3 Å². The Balaban J connectivity index is 0.892. The molecule has 1 atom stereocenters. The third-order valence-corrected chi connectivity index (χ3v) is 18.8. The van der Waals surface area contributed by atoms with E-state index in [4.69, 9.17) is 0 Å². The SMILES string of the molecule is c1ccc(-c2ccc(-c3ccccc3N(c3ccc4c(c3)C3(c5ccccc5-c5ccccc53)c3ccccc3-4)c3ccccc3-c3ccc4c(c3)C3(c5ccccc5-4)c4ccccc4-n4c5ccccc5c5cccc3c54)cc2)cc1. The molecule has 0 saturated heterocycles. The minimum atomic E-state index is -0.591. The Hall–Kier alpha value is -10.5. The molecule has 0 N–H and O–H groups in total. The average Bonchev–Trinajstić information content (AvgIpc) is 1.89. The van der Waals surface area contributed by atoms with E-state index in [2.05, 4.69) is 313 Å². The van der Waals surface area contributed by atoms with Gasteiger partial charge in [-0.1, -0.05) is 261 Å². The van der Waals surface area contributed by atoms with Crippen LogP contribution in [-0.4, -0.2) is 4.57 Å². The first-order valence-corrected chi connectivity index (χ1v) is 28.7. The third-order valence-electron chi connectivity index (χ3n) is 18.8. The van der Waals surface area contributed by atoms with E-state index in [9.17, 15) is 0 Å². The highest BCUT2D eigenvalue weighted by molar-refractivity contribution is 6.13. The van der Waals surface area contributed by atoms with Gasteiger partial charge >= 0.3 is 0 Å². The van der Waals surface area contributed by atoms with E-state index in [1.54, 1.807) is 0 Å². The summed E-state index contributed by atoms with van der Waals surface area (Å²) in [5.74, 6) is 0. The number of nitrogens with zero attached hydrogens (tertiary/aromatic N) is 2. The van der Waals surface area contributed by atoms with Crippen molar-refractivity contribution in [2.45, 2.75) is 10.8 Å². The molecule has 0 bridgehead atoms. The van der Waals surface area contributed by atoms with Crippen LogP contribution in [0.1, 0.15) is 44.5 Å².